The van der Waals surface area contributed by atoms with Crippen molar-refractivity contribution in [3.8, 4) is 5.75 Å². The number of nitrogens with zero attached hydrogens (tertiary/aromatic N) is 1. The van der Waals surface area contributed by atoms with Crippen LogP contribution in [-0.2, 0) is 17.8 Å². The van der Waals surface area contributed by atoms with Gasteiger partial charge in [-0.1, -0.05) is 12.1 Å². The highest BCUT2D eigenvalue weighted by Crippen LogP contribution is 2.25. The number of halogens is 1. The van der Waals surface area contributed by atoms with Gasteiger partial charge in [0.2, 0.25) is 5.91 Å². The summed E-state index contributed by atoms with van der Waals surface area (Å²) in [7, 11) is 3.27. The van der Waals surface area contributed by atoms with Crippen LogP contribution in [0, 0.1) is 12.7 Å². The van der Waals surface area contributed by atoms with Gasteiger partial charge < -0.3 is 20.7 Å². The fraction of sp³-hybridized carbons (Fsp3) is 0.333. The monoisotopic (exact) mass is 386 g/mol. The van der Waals surface area contributed by atoms with Crippen LogP contribution in [0.25, 0.3) is 0 Å². The molecule has 0 aliphatic rings. The van der Waals surface area contributed by atoms with Crippen molar-refractivity contribution in [2.24, 2.45) is 4.99 Å². The van der Waals surface area contributed by atoms with Gasteiger partial charge in [0.05, 0.1) is 12.8 Å². The van der Waals surface area contributed by atoms with Crippen LogP contribution in [0.15, 0.2) is 41.4 Å². The smallest absolute Gasteiger partial charge is 0.221 e. The number of guanidine groups is 1. The summed E-state index contributed by atoms with van der Waals surface area (Å²) >= 11 is 0. The zero-order valence-electron chi connectivity index (χ0n) is 16.7. The van der Waals surface area contributed by atoms with Gasteiger partial charge in [-0.25, -0.2) is 4.39 Å². The van der Waals surface area contributed by atoms with E-state index in [1.807, 2.05) is 31.2 Å². The van der Waals surface area contributed by atoms with Gasteiger partial charge in [-0.05, 0) is 54.3 Å². The molecule has 0 aliphatic carbocycles. The van der Waals surface area contributed by atoms with Gasteiger partial charge in [0.1, 0.15) is 11.6 Å². The molecule has 0 bridgehead atoms. The number of benzene rings is 2. The average Bonchev–Trinajstić information content (AvgIpc) is 2.65. The first-order valence-corrected chi connectivity index (χ1v) is 9.07. The molecule has 0 spiro atoms. The molecule has 150 valence electrons. The molecular weight excluding hydrogens is 359 g/mol. The van der Waals surface area contributed by atoms with Gasteiger partial charge in [0.15, 0.2) is 5.96 Å². The van der Waals surface area contributed by atoms with E-state index in [4.69, 9.17) is 4.74 Å². The van der Waals surface area contributed by atoms with Gasteiger partial charge in [0, 0.05) is 27.1 Å². The minimum Gasteiger partial charge on any atom is -0.495 e. The predicted molar refractivity (Wildman–Crippen MR) is 110 cm³/mol. The first kappa shape index (κ1) is 21.2. The van der Waals surface area contributed by atoms with E-state index in [2.05, 4.69) is 20.9 Å². The van der Waals surface area contributed by atoms with Crippen molar-refractivity contribution in [2.45, 2.75) is 26.8 Å². The van der Waals surface area contributed by atoms with Gasteiger partial charge in [0.25, 0.3) is 0 Å². The third-order valence-electron chi connectivity index (χ3n) is 4.25. The van der Waals surface area contributed by atoms with Crippen LogP contribution in [-0.4, -0.2) is 32.6 Å². The number of nitrogens with one attached hydrogen (secondary N) is 3. The number of anilines is 1. The summed E-state index contributed by atoms with van der Waals surface area (Å²) < 4.78 is 18.4. The second-order valence-corrected chi connectivity index (χ2v) is 6.39. The molecule has 3 N–H and O–H groups in total. The number of ether oxygens (including phenoxy) is 1. The average molecular weight is 386 g/mol. The van der Waals surface area contributed by atoms with E-state index in [-0.39, 0.29) is 11.7 Å². The molecule has 28 heavy (non-hydrogen) atoms. The van der Waals surface area contributed by atoms with Crippen LogP contribution < -0.4 is 20.7 Å². The predicted octanol–water partition coefficient (Wildman–Crippen LogP) is 3.01. The summed E-state index contributed by atoms with van der Waals surface area (Å²) in [6.45, 7) is 4.57. The summed E-state index contributed by atoms with van der Waals surface area (Å²) in [5, 5.41) is 9.25. The molecule has 1 amide bonds. The maximum absolute atomic E-state index is 13.2. The van der Waals surface area contributed by atoms with Crippen LogP contribution >= 0.6 is 0 Å². The van der Waals surface area contributed by atoms with Crippen molar-refractivity contribution < 1.29 is 13.9 Å². The molecule has 0 atom stereocenters. The lowest BCUT2D eigenvalue weighted by Crippen LogP contribution is -2.37. The van der Waals surface area contributed by atoms with E-state index >= 15 is 0 Å². The van der Waals surface area contributed by atoms with Crippen molar-refractivity contribution in [3.63, 3.8) is 0 Å². The number of carbonyl (C=O) groups is 1. The molecule has 0 saturated heterocycles. The summed E-state index contributed by atoms with van der Waals surface area (Å²) in [4.78, 5) is 15.6. The topological polar surface area (TPSA) is 74.8 Å². The zero-order chi connectivity index (χ0) is 20.5. The third kappa shape index (κ3) is 6.26. The van der Waals surface area contributed by atoms with Gasteiger partial charge in [-0.2, -0.15) is 0 Å². The number of methoxy groups -OCH3 is 1. The Morgan fingerprint density at radius 2 is 1.96 bits per heavy atom. The number of amides is 1. The minimum absolute atomic E-state index is 0.156. The van der Waals surface area contributed by atoms with Crippen molar-refractivity contribution >= 4 is 17.6 Å². The second kappa shape index (κ2) is 10.3. The maximum Gasteiger partial charge on any atom is 0.221 e. The van der Waals surface area contributed by atoms with Crippen molar-refractivity contribution in [3.05, 3.63) is 58.9 Å². The molecule has 0 aromatic heterocycles. The third-order valence-corrected chi connectivity index (χ3v) is 4.25. The van der Waals surface area contributed by atoms with Crippen molar-refractivity contribution in [1.82, 2.24) is 10.6 Å². The lowest BCUT2D eigenvalue weighted by molar-refractivity contribution is -0.114. The van der Waals surface area contributed by atoms with Crippen LogP contribution in [0.4, 0.5) is 10.1 Å². The number of carbonyl (C=O) groups excluding carboxylic acids is 1. The van der Waals surface area contributed by atoms with Gasteiger partial charge in [-0.3, -0.25) is 9.79 Å². The molecule has 0 radical (unpaired) electrons. The van der Waals surface area contributed by atoms with E-state index in [1.54, 1.807) is 20.2 Å². The second-order valence-electron chi connectivity index (χ2n) is 6.39. The van der Waals surface area contributed by atoms with Crippen LogP contribution in [0.5, 0.6) is 5.75 Å². The number of aliphatic imine (C=N–C) groups is 1. The highest BCUT2D eigenvalue weighted by Gasteiger charge is 2.07. The normalized spacial score (nSPS) is 11.1. The molecule has 0 unspecified atom stereocenters. The number of hydrogen-bond donors (Lipinski definition) is 3. The molecule has 2 aromatic rings. The first-order valence-electron chi connectivity index (χ1n) is 9.07. The Balaban J connectivity index is 1.90. The number of aryl methyl sites for hydroxylation is 1. The molecule has 0 aliphatic heterocycles. The van der Waals surface area contributed by atoms with Crippen molar-refractivity contribution in [2.75, 3.05) is 26.0 Å². The molecule has 7 heteroatoms. The lowest BCUT2D eigenvalue weighted by Gasteiger charge is -2.14. The Labute approximate surface area is 165 Å². The van der Waals surface area contributed by atoms with Crippen LogP contribution in [0.1, 0.15) is 23.6 Å². The molecule has 0 saturated carbocycles. The van der Waals surface area contributed by atoms with Crippen LogP contribution in [0.3, 0.4) is 0 Å². The SMILES string of the molecule is CN=C(NCCc1ccc(F)cc1C)NCc1ccc(OC)c(NC(C)=O)c1. The summed E-state index contributed by atoms with van der Waals surface area (Å²) in [6.07, 6.45) is 0.766. The molecular formula is C21H27FN4O2. The van der Waals surface area contributed by atoms with Gasteiger partial charge >= 0.3 is 0 Å². The fourth-order valence-electron chi connectivity index (χ4n) is 2.81. The minimum atomic E-state index is -0.218. The first-order chi connectivity index (χ1) is 13.4. The maximum atomic E-state index is 13.2. The Morgan fingerprint density at radius 3 is 2.61 bits per heavy atom. The molecule has 0 heterocycles. The Morgan fingerprint density at radius 1 is 1.18 bits per heavy atom. The summed E-state index contributed by atoms with van der Waals surface area (Å²) in [6, 6.07) is 10.4. The standard InChI is InChI=1S/C21H27FN4O2/c1-14-11-18(22)7-6-17(14)9-10-24-21(23-3)25-13-16-5-8-20(28-4)19(12-16)26-15(2)27/h5-8,11-12H,9-10,13H2,1-4H3,(H,26,27)(H2,23,24,25). The van der Waals surface area contributed by atoms with E-state index in [0.29, 0.717) is 30.5 Å². The van der Waals surface area contributed by atoms with Crippen molar-refractivity contribution in [1.29, 1.82) is 0 Å². The molecule has 6 nitrogen and oxygen atoms in total. The zero-order valence-corrected chi connectivity index (χ0v) is 16.7. The van der Waals surface area contributed by atoms with E-state index in [9.17, 15) is 9.18 Å². The Kier molecular flexibility index (Phi) is 7.80. The molecule has 2 aromatic carbocycles. The fourth-order valence-corrected chi connectivity index (χ4v) is 2.81. The van der Waals surface area contributed by atoms with E-state index in [0.717, 1.165) is 23.1 Å². The highest BCUT2D eigenvalue weighted by molar-refractivity contribution is 5.90. The molecule has 2 rings (SSSR count). The van der Waals surface area contributed by atoms with E-state index < -0.39 is 0 Å². The van der Waals surface area contributed by atoms with Crippen LogP contribution in [0.2, 0.25) is 0 Å². The summed E-state index contributed by atoms with van der Waals surface area (Å²) in [5.74, 6) is 0.898. The largest absolute Gasteiger partial charge is 0.495 e. The number of rotatable bonds is 7. The summed E-state index contributed by atoms with van der Waals surface area (Å²) in [5.41, 5.74) is 3.64. The highest BCUT2D eigenvalue weighted by atomic mass is 19.1. The number of hydrogen-bond acceptors (Lipinski definition) is 3. The molecule has 0 fully saturated rings. The Hall–Kier alpha value is -3.09. The van der Waals surface area contributed by atoms with Gasteiger partial charge in [-0.15, -0.1) is 0 Å². The quantitative estimate of drug-likeness (QED) is 0.505. The van der Waals surface area contributed by atoms with E-state index in [1.165, 1.54) is 13.0 Å². The lowest BCUT2D eigenvalue weighted by atomic mass is 10.1. The Bertz CT molecular complexity index is 852.